The Morgan fingerprint density at radius 3 is 2.57 bits per heavy atom. The monoisotopic (exact) mass is 290 g/mol. The molecule has 3 nitrogen and oxygen atoms in total. The largest absolute Gasteiger partial charge is 0.464 e. The molecule has 1 aromatic rings. The molecule has 3 unspecified atom stereocenters. The summed E-state index contributed by atoms with van der Waals surface area (Å²) in [6.45, 7) is 6.27. The van der Waals surface area contributed by atoms with Crippen LogP contribution >= 0.6 is 0 Å². The highest BCUT2D eigenvalue weighted by Crippen LogP contribution is 2.45. The minimum Gasteiger partial charge on any atom is -0.464 e. The molecule has 1 N–H and O–H groups in total. The molecule has 21 heavy (non-hydrogen) atoms. The van der Waals surface area contributed by atoms with Crippen LogP contribution < -0.4 is 0 Å². The molecule has 0 saturated carbocycles. The molecule has 0 bridgehead atoms. The smallest absolute Gasteiger partial charge is 0.338 e. The molecule has 0 fully saturated rings. The number of hydrogen-bond donors (Lipinski definition) is 1. The highest BCUT2D eigenvalue weighted by atomic mass is 16.5. The zero-order valence-electron chi connectivity index (χ0n) is 13.3. The van der Waals surface area contributed by atoms with Crippen molar-refractivity contribution in [1.29, 1.82) is 0 Å². The number of benzene rings is 1. The van der Waals surface area contributed by atoms with Gasteiger partial charge in [0.05, 0.1) is 6.61 Å². The summed E-state index contributed by atoms with van der Waals surface area (Å²) in [5.74, 6) is -0.157. The van der Waals surface area contributed by atoms with E-state index >= 15 is 0 Å². The first kappa shape index (κ1) is 16.0. The lowest BCUT2D eigenvalue weighted by Gasteiger charge is -2.39. The molecule has 0 heterocycles. The SMILES string of the molecule is CCCC(O)(C(=O)OCC)C1CCC(C)c2ccccc21. The lowest BCUT2D eigenvalue weighted by Crippen LogP contribution is -2.47. The second-order valence-electron chi connectivity index (χ2n) is 6.05. The van der Waals surface area contributed by atoms with Crippen LogP contribution in [0.1, 0.15) is 69.4 Å². The summed E-state index contributed by atoms with van der Waals surface area (Å²) in [6, 6.07) is 8.18. The molecule has 1 aromatic carbocycles. The van der Waals surface area contributed by atoms with Gasteiger partial charge in [0.2, 0.25) is 0 Å². The van der Waals surface area contributed by atoms with Gasteiger partial charge in [-0.05, 0) is 43.2 Å². The van der Waals surface area contributed by atoms with Gasteiger partial charge in [0, 0.05) is 5.92 Å². The van der Waals surface area contributed by atoms with Gasteiger partial charge in [0.25, 0.3) is 0 Å². The molecule has 0 radical (unpaired) electrons. The third kappa shape index (κ3) is 2.98. The molecule has 1 aliphatic carbocycles. The molecular weight excluding hydrogens is 264 g/mol. The van der Waals surface area contributed by atoms with Gasteiger partial charge >= 0.3 is 5.97 Å². The minimum absolute atomic E-state index is 0.163. The van der Waals surface area contributed by atoms with Crippen molar-refractivity contribution in [3.63, 3.8) is 0 Å². The maximum Gasteiger partial charge on any atom is 0.338 e. The Morgan fingerprint density at radius 2 is 1.95 bits per heavy atom. The van der Waals surface area contributed by atoms with E-state index < -0.39 is 11.6 Å². The zero-order chi connectivity index (χ0) is 15.5. The molecule has 3 heteroatoms. The van der Waals surface area contributed by atoms with Crippen LogP contribution in [0.4, 0.5) is 0 Å². The number of ether oxygens (including phenoxy) is 1. The Bertz CT molecular complexity index is 497. The Balaban J connectivity index is 2.42. The number of fused-ring (bicyclic) bond motifs is 1. The van der Waals surface area contributed by atoms with Crippen molar-refractivity contribution in [1.82, 2.24) is 0 Å². The van der Waals surface area contributed by atoms with Crippen LogP contribution in [0.25, 0.3) is 0 Å². The van der Waals surface area contributed by atoms with Crippen molar-refractivity contribution in [2.45, 2.75) is 63.9 Å². The molecule has 3 atom stereocenters. The second kappa shape index (κ2) is 6.61. The van der Waals surface area contributed by atoms with Gasteiger partial charge in [0.1, 0.15) is 0 Å². The standard InChI is InChI=1S/C18H26O3/c1-4-12-18(20,17(19)21-5-2)16-11-10-13(3)14-8-6-7-9-15(14)16/h6-9,13,16,20H,4-5,10-12H2,1-3H3. The Hall–Kier alpha value is -1.35. The van der Waals surface area contributed by atoms with Crippen molar-refractivity contribution < 1.29 is 14.6 Å². The predicted octanol–water partition coefficient (Wildman–Crippen LogP) is 3.76. The average molecular weight is 290 g/mol. The fourth-order valence-electron chi connectivity index (χ4n) is 3.56. The van der Waals surface area contributed by atoms with E-state index in [0.29, 0.717) is 18.9 Å². The summed E-state index contributed by atoms with van der Waals surface area (Å²) in [5.41, 5.74) is 0.967. The topological polar surface area (TPSA) is 46.5 Å². The first-order valence-electron chi connectivity index (χ1n) is 8.03. The van der Waals surface area contributed by atoms with Gasteiger partial charge in [0.15, 0.2) is 5.60 Å². The maximum atomic E-state index is 12.4. The molecule has 2 rings (SSSR count). The number of esters is 1. The fraction of sp³-hybridized carbons (Fsp3) is 0.611. The molecule has 1 aliphatic rings. The Morgan fingerprint density at radius 1 is 1.29 bits per heavy atom. The highest BCUT2D eigenvalue weighted by Gasteiger charge is 2.47. The van der Waals surface area contributed by atoms with Gasteiger partial charge in [-0.25, -0.2) is 4.79 Å². The van der Waals surface area contributed by atoms with Crippen LogP contribution in [-0.4, -0.2) is 23.3 Å². The van der Waals surface area contributed by atoms with Crippen LogP contribution in [-0.2, 0) is 9.53 Å². The van der Waals surface area contributed by atoms with Gasteiger partial charge in [-0.1, -0.05) is 44.5 Å². The van der Waals surface area contributed by atoms with E-state index in [4.69, 9.17) is 4.74 Å². The number of hydrogen-bond acceptors (Lipinski definition) is 3. The van der Waals surface area contributed by atoms with E-state index in [2.05, 4.69) is 19.1 Å². The number of rotatable bonds is 5. The molecule has 0 aliphatic heterocycles. The fourth-order valence-corrected chi connectivity index (χ4v) is 3.56. The molecule has 0 aromatic heterocycles. The molecule has 0 spiro atoms. The highest BCUT2D eigenvalue weighted by molar-refractivity contribution is 5.81. The maximum absolute atomic E-state index is 12.4. The third-order valence-electron chi connectivity index (χ3n) is 4.63. The second-order valence-corrected chi connectivity index (χ2v) is 6.05. The van der Waals surface area contributed by atoms with Crippen LogP contribution in [0.3, 0.4) is 0 Å². The van der Waals surface area contributed by atoms with Gasteiger partial charge < -0.3 is 9.84 Å². The van der Waals surface area contributed by atoms with Crippen molar-refractivity contribution in [3.8, 4) is 0 Å². The summed E-state index contributed by atoms with van der Waals surface area (Å²) < 4.78 is 5.17. The Kier molecular flexibility index (Phi) is 5.04. The number of carbonyl (C=O) groups is 1. The summed E-state index contributed by atoms with van der Waals surface area (Å²) in [6.07, 6.45) is 3.02. The normalized spacial score (nSPS) is 24.0. The Labute approximate surface area is 127 Å². The van der Waals surface area contributed by atoms with E-state index in [1.807, 2.05) is 19.1 Å². The van der Waals surface area contributed by atoms with Gasteiger partial charge in [-0.15, -0.1) is 0 Å². The van der Waals surface area contributed by atoms with Gasteiger partial charge in [-0.3, -0.25) is 0 Å². The summed E-state index contributed by atoms with van der Waals surface area (Å²) in [5, 5.41) is 11.1. The quantitative estimate of drug-likeness (QED) is 0.840. The summed E-state index contributed by atoms with van der Waals surface area (Å²) in [7, 11) is 0. The van der Waals surface area contributed by atoms with Crippen molar-refractivity contribution in [2.75, 3.05) is 6.61 Å². The van der Waals surface area contributed by atoms with E-state index in [1.54, 1.807) is 6.92 Å². The van der Waals surface area contributed by atoms with Gasteiger partial charge in [-0.2, -0.15) is 0 Å². The van der Waals surface area contributed by atoms with E-state index in [-0.39, 0.29) is 5.92 Å². The molecule has 116 valence electrons. The van der Waals surface area contributed by atoms with E-state index in [1.165, 1.54) is 5.56 Å². The summed E-state index contributed by atoms with van der Waals surface area (Å²) >= 11 is 0. The molecule has 0 saturated heterocycles. The number of aliphatic hydroxyl groups is 1. The summed E-state index contributed by atoms with van der Waals surface area (Å²) in [4.78, 5) is 12.4. The van der Waals surface area contributed by atoms with E-state index in [0.717, 1.165) is 24.8 Å². The van der Waals surface area contributed by atoms with Crippen LogP contribution in [0.2, 0.25) is 0 Å². The minimum atomic E-state index is -1.40. The van der Waals surface area contributed by atoms with Crippen LogP contribution in [0, 0.1) is 0 Å². The van der Waals surface area contributed by atoms with Crippen molar-refractivity contribution in [2.24, 2.45) is 0 Å². The van der Waals surface area contributed by atoms with Crippen molar-refractivity contribution >= 4 is 5.97 Å². The first-order chi connectivity index (χ1) is 10.0. The average Bonchev–Trinajstić information content (AvgIpc) is 2.48. The van der Waals surface area contributed by atoms with Crippen LogP contribution in [0.15, 0.2) is 24.3 Å². The number of carbonyl (C=O) groups excluding carboxylic acids is 1. The predicted molar refractivity (Wildman–Crippen MR) is 83.3 cm³/mol. The van der Waals surface area contributed by atoms with Crippen molar-refractivity contribution in [3.05, 3.63) is 35.4 Å². The third-order valence-corrected chi connectivity index (χ3v) is 4.63. The van der Waals surface area contributed by atoms with Crippen LogP contribution in [0.5, 0.6) is 0 Å². The zero-order valence-corrected chi connectivity index (χ0v) is 13.3. The van der Waals surface area contributed by atoms with E-state index in [9.17, 15) is 9.90 Å². The molecular formula is C18H26O3. The molecule has 0 amide bonds. The lowest BCUT2D eigenvalue weighted by molar-refractivity contribution is -0.169. The lowest BCUT2D eigenvalue weighted by atomic mass is 9.69. The first-order valence-corrected chi connectivity index (χ1v) is 8.03.